The lowest BCUT2D eigenvalue weighted by atomic mass is 10.2. The molecule has 0 radical (unpaired) electrons. The van der Waals surface area contributed by atoms with Crippen molar-refractivity contribution >= 4 is 17.2 Å². The molecule has 0 aliphatic heterocycles. The highest BCUT2D eigenvalue weighted by Crippen LogP contribution is 2.23. The number of anilines is 1. The second kappa shape index (κ2) is 6.08. The number of nitrogens with one attached hydrogen (secondary N) is 1. The molecule has 6 heteroatoms. The summed E-state index contributed by atoms with van der Waals surface area (Å²) in [6.45, 7) is 4.12. The fourth-order valence-electron chi connectivity index (χ4n) is 2.44. The number of pyridine rings is 1. The Morgan fingerprint density at radius 3 is 2.83 bits per heavy atom. The number of carbonyl (C=O) groups is 1. The van der Waals surface area contributed by atoms with Crippen LogP contribution in [0, 0.1) is 12.7 Å². The fourth-order valence-corrected chi connectivity index (χ4v) is 2.44. The van der Waals surface area contributed by atoms with Crippen LogP contribution in [-0.2, 0) is 0 Å². The first-order valence-corrected chi connectivity index (χ1v) is 7.28. The highest BCUT2D eigenvalue weighted by molar-refractivity contribution is 6.04. The zero-order valence-corrected chi connectivity index (χ0v) is 12.8. The molecule has 1 N–H and O–H groups in total. The van der Waals surface area contributed by atoms with Gasteiger partial charge in [0.2, 0.25) is 0 Å². The van der Waals surface area contributed by atoms with Gasteiger partial charge in [-0.3, -0.25) is 9.20 Å². The molecular weight excluding hydrogens is 297 g/mol. The lowest BCUT2D eigenvalue weighted by Gasteiger charge is -2.08. The summed E-state index contributed by atoms with van der Waals surface area (Å²) >= 11 is 0. The minimum atomic E-state index is -0.484. The second-order valence-electron chi connectivity index (χ2n) is 4.98. The molecule has 2 aromatic heterocycles. The summed E-state index contributed by atoms with van der Waals surface area (Å²) in [6, 6.07) is 9.61. The van der Waals surface area contributed by atoms with Crippen LogP contribution >= 0.6 is 0 Å². The number of hydrogen-bond donors (Lipinski definition) is 1. The Hall–Kier alpha value is -2.89. The lowest BCUT2D eigenvalue weighted by Crippen LogP contribution is -2.16. The third kappa shape index (κ3) is 2.75. The minimum Gasteiger partial charge on any atom is -0.490 e. The van der Waals surface area contributed by atoms with E-state index in [0.29, 0.717) is 29.4 Å². The van der Waals surface area contributed by atoms with Crippen molar-refractivity contribution in [1.82, 2.24) is 9.38 Å². The Labute approximate surface area is 132 Å². The van der Waals surface area contributed by atoms with E-state index in [4.69, 9.17) is 4.74 Å². The lowest BCUT2D eigenvalue weighted by molar-refractivity contribution is 0.102. The molecule has 118 valence electrons. The zero-order chi connectivity index (χ0) is 16.4. The summed E-state index contributed by atoms with van der Waals surface area (Å²) in [6.07, 6.45) is 1.73. The van der Waals surface area contributed by atoms with Crippen LogP contribution in [-0.4, -0.2) is 21.9 Å². The van der Waals surface area contributed by atoms with Crippen LogP contribution in [0.4, 0.5) is 10.1 Å². The maximum atomic E-state index is 13.7. The SMILES string of the molecule is CCOc1cccn2c(C(=O)Nc3ccccc3F)c(C)nc12. The van der Waals surface area contributed by atoms with Crippen LogP contribution in [0.15, 0.2) is 42.6 Å². The van der Waals surface area contributed by atoms with Crippen molar-refractivity contribution in [3.63, 3.8) is 0 Å². The predicted octanol–water partition coefficient (Wildman–Crippen LogP) is 3.43. The Morgan fingerprint density at radius 1 is 1.30 bits per heavy atom. The molecule has 1 amide bonds. The van der Waals surface area contributed by atoms with Gasteiger partial charge in [-0.1, -0.05) is 12.1 Å². The molecule has 0 unspecified atom stereocenters. The number of hydrogen-bond acceptors (Lipinski definition) is 3. The Kier molecular flexibility index (Phi) is 3.97. The van der Waals surface area contributed by atoms with Crippen molar-refractivity contribution in [1.29, 1.82) is 0 Å². The van der Waals surface area contributed by atoms with Gasteiger partial charge in [-0.05, 0) is 38.1 Å². The summed E-state index contributed by atoms with van der Waals surface area (Å²) in [4.78, 5) is 17.0. The van der Waals surface area contributed by atoms with Gasteiger partial charge in [-0.15, -0.1) is 0 Å². The average Bonchev–Trinajstić information content (AvgIpc) is 2.87. The van der Waals surface area contributed by atoms with E-state index >= 15 is 0 Å². The van der Waals surface area contributed by atoms with Gasteiger partial charge in [-0.2, -0.15) is 0 Å². The van der Waals surface area contributed by atoms with Crippen molar-refractivity contribution < 1.29 is 13.9 Å². The maximum absolute atomic E-state index is 13.7. The molecule has 0 spiro atoms. The quantitative estimate of drug-likeness (QED) is 0.803. The topological polar surface area (TPSA) is 55.6 Å². The number of aryl methyl sites for hydroxylation is 1. The van der Waals surface area contributed by atoms with Crippen LogP contribution in [0.1, 0.15) is 23.1 Å². The maximum Gasteiger partial charge on any atom is 0.274 e. The molecule has 0 saturated heterocycles. The van der Waals surface area contributed by atoms with Crippen LogP contribution < -0.4 is 10.1 Å². The summed E-state index contributed by atoms with van der Waals surface area (Å²) in [5, 5.41) is 2.58. The van der Waals surface area contributed by atoms with E-state index in [1.807, 2.05) is 6.92 Å². The number of imidazole rings is 1. The van der Waals surface area contributed by atoms with Crippen molar-refractivity contribution in [3.8, 4) is 5.75 Å². The summed E-state index contributed by atoms with van der Waals surface area (Å²) in [7, 11) is 0. The zero-order valence-electron chi connectivity index (χ0n) is 12.8. The number of carbonyl (C=O) groups excluding carboxylic acids is 1. The number of aromatic nitrogens is 2. The molecule has 0 aliphatic carbocycles. The summed E-state index contributed by atoms with van der Waals surface area (Å²) < 4.78 is 20.9. The number of nitrogens with zero attached hydrogens (tertiary/aromatic N) is 2. The predicted molar refractivity (Wildman–Crippen MR) is 85.5 cm³/mol. The Balaban J connectivity index is 2.02. The van der Waals surface area contributed by atoms with Gasteiger partial charge >= 0.3 is 0 Å². The van der Waals surface area contributed by atoms with Crippen molar-refractivity contribution in [2.75, 3.05) is 11.9 Å². The summed E-state index contributed by atoms with van der Waals surface area (Å²) in [5.41, 5.74) is 1.59. The second-order valence-corrected chi connectivity index (χ2v) is 4.98. The molecule has 5 nitrogen and oxygen atoms in total. The third-order valence-electron chi connectivity index (χ3n) is 3.43. The molecule has 0 fully saturated rings. The van der Waals surface area contributed by atoms with Gasteiger partial charge in [0.1, 0.15) is 11.5 Å². The fraction of sp³-hybridized carbons (Fsp3) is 0.176. The van der Waals surface area contributed by atoms with E-state index in [9.17, 15) is 9.18 Å². The molecule has 1 aromatic carbocycles. The van der Waals surface area contributed by atoms with E-state index in [1.54, 1.807) is 41.8 Å². The van der Waals surface area contributed by atoms with Crippen molar-refractivity contribution in [2.45, 2.75) is 13.8 Å². The number of para-hydroxylation sites is 1. The first-order chi connectivity index (χ1) is 11.1. The molecular formula is C17H16FN3O2. The van der Waals surface area contributed by atoms with Crippen LogP contribution in [0.3, 0.4) is 0 Å². The van der Waals surface area contributed by atoms with Gasteiger partial charge in [0, 0.05) is 6.20 Å². The molecule has 0 aliphatic rings. The van der Waals surface area contributed by atoms with Gasteiger partial charge < -0.3 is 10.1 Å². The smallest absolute Gasteiger partial charge is 0.274 e. The highest BCUT2D eigenvalue weighted by Gasteiger charge is 2.19. The first-order valence-electron chi connectivity index (χ1n) is 7.28. The number of halogens is 1. The molecule has 3 aromatic rings. The molecule has 0 saturated carbocycles. The van der Waals surface area contributed by atoms with Crippen molar-refractivity contribution in [3.05, 3.63) is 59.8 Å². The molecule has 2 heterocycles. The van der Waals surface area contributed by atoms with E-state index in [2.05, 4.69) is 10.3 Å². The third-order valence-corrected chi connectivity index (χ3v) is 3.43. The molecule has 3 rings (SSSR count). The van der Waals surface area contributed by atoms with Gasteiger partial charge in [0.05, 0.1) is 18.0 Å². The standard InChI is InChI=1S/C17H16FN3O2/c1-3-23-14-9-6-10-21-15(11(2)19-16(14)21)17(22)20-13-8-5-4-7-12(13)18/h4-10H,3H2,1-2H3,(H,20,22). The first kappa shape index (κ1) is 15.0. The summed E-state index contributed by atoms with van der Waals surface area (Å²) in [5.74, 6) is -0.306. The molecule has 0 atom stereocenters. The van der Waals surface area contributed by atoms with Crippen LogP contribution in [0.2, 0.25) is 0 Å². The number of amides is 1. The van der Waals surface area contributed by atoms with Gasteiger partial charge in [-0.25, -0.2) is 9.37 Å². The number of ether oxygens (including phenoxy) is 1. The molecule has 23 heavy (non-hydrogen) atoms. The van der Waals surface area contributed by atoms with E-state index < -0.39 is 11.7 Å². The molecule has 0 bridgehead atoms. The van der Waals surface area contributed by atoms with Crippen LogP contribution in [0.25, 0.3) is 5.65 Å². The monoisotopic (exact) mass is 313 g/mol. The van der Waals surface area contributed by atoms with Gasteiger partial charge in [0.25, 0.3) is 5.91 Å². The van der Waals surface area contributed by atoms with E-state index in [1.165, 1.54) is 12.1 Å². The normalized spacial score (nSPS) is 10.7. The van der Waals surface area contributed by atoms with Crippen LogP contribution in [0.5, 0.6) is 5.75 Å². The Bertz CT molecular complexity index is 873. The average molecular weight is 313 g/mol. The minimum absolute atomic E-state index is 0.132. The van der Waals surface area contributed by atoms with E-state index in [0.717, 1.165) is 0 Å². The highest BCUT2D eigenvalue weighted by atomic mass is 19.1. The number of benzene rings is 1. The van der Waals surface area contributed by atoms with Gasteiger partial charge in [0.15, 0.2) is 11.4 Å². The van der Waals surface area contributed by atoms with Crippen molar-refractivity contribution in [2.24, 2.45) is 0 Å². The largest absolute Gasteiger partial charge is 0.490 e. The number of rotatable bonds is 4. The Morgan fingerprint density at radius 2 is 2.09 bits per heavy atom. The van der Waals surface area contributed by atoms with E-state index in [-0.39, 0.29) is 5.69 Å². The number of fused-ring (bicyclic) bond motifs is 1.